The van der Waals surface area contributed by atoms with Gasteiger partial charge in [-0.25, -0.2) is 0 Å². The minimum Gasteiger partial charge on any atom is -0.491 e. The molecule has 19 heavy (non-hydrogen) atoms. The van der Waals surface area contributed by atoms with E-state index in [1.165, 1.54) is 4.90 Å². The Bertz CT molecular complexity index is 407. The Hall–Kier alpha value is -1.59. The Balaban J connectivity index is 2.92. The van der Waals surface area contributed by atoms with Crippen molar-refractivity contribution in [2.75, 3.05) is 30.3 Å². The molecule has 0 aliphatic rings. The maximum absolute atomic E-state index is 12.5. The van der Waals surface area contributed by atoms with Crippen molar-refractivity contribution < 1.29 is 17.9 Å². The van der Waals surface area contributed by atoms with Crippen LogP contribution in [-0.2, 0) is 0 Å². The Morgan fingerprint density at radius 3 is 2.47 bits per heavy atom. The van der Waals surface area contributed by atoms with Crippen LogP contribution in [0.4, 0.5) is 24.5 Å². The molecular formula is C13H19F3N2O. The molecule has 0 aromatic heterocycles. The number of anilines is 2. The van der Waals surface area contributed by atoms with Crippen molar-refractivity contribution in [1.29, 1.82) is 0 Å². The van der Waals surface area contributed by atoms with Gasteiger partial charge >= 0.3 is 6.18 Å². The molecule has 108 valence electrons. The van der Waals surface area contributed by atoms with Crippen LogP contribution in [-0.4, -0.2) is 25.9 Å². The molecule has 0 unspecified atom stereocenters. The molecule has 3 nitrogen and oxygen atoms in total. The summed E-state index contributed by atoms with van der Waals surface area (Å²) in [4.78, 5) is 1.23. The van der Waals surface area contributed by atoms with Gasteiger partial charge in [-0.05, 0) is 25.5 Å². The molecule has 0 atom stereocenters. The maximum Gasteiger partial charge on any atom is 0.405 e. The Morgan fingerprint density at radius 2 is 1.95 bits per heavy atom. The van der Waals surface area contributed by atoms with Crippen LogP contribution in [0.25, 0.3) is 0 Å². The van der Waals surface area contributed by atoms with Gasteiger partial charge in [0.05, 0.1) is 12.3 Å². The lowest BCUT2D eigenvalue weighted by atomic mass is 10.2. The van der Waals surface area contributed by atoms with Gasteiger partial charge in [-0.2, -0.15) is 13.2 Å². The predicted molar refractivity (Wildman–Crippen MR) is 70.6 cm³/mol. The summed E-state index contributed by atoms with van der Waals surface area (Å²) >= 11 is 0. The highest BCUT2D eigenvalue weighted by atomic mass is 19.4. The number of hydrogen-bond acceptors (Lipinski definition) is 3. The van der Waals surface area contributed by atoms with Gasteiger partial charge < -0.3 is 15.4 Å². The average molecular weight is 276 g/mol. The van der Waals surface area contributed by atoms with E-state index in [1.54, 1.807) is 25.1 Å². The second-order valence-corrected chi connectivity index (χ2v) is 4.20. The first-order chi connectivity index (χ1) is 8.87. The van der Waals surface area contributed by atoms with Gasteiger partial charge in [0.15, 0.2) is 0 Å². The van der Waals surface area contributed by atoms with Crippen molar-refractivity contribution in [1.82, 2.24) is 0 Å². The lowest BCUT2D eigenvalue weighted by Gasteiger charge is -2.25. The molecular weight excluding hydrogens is 257 g/mol. The van der Waals surface area contributed by atoms with Gasteiger partial charge in [-0.15, -0.1) is 0 Å². The van der Waals surface area contributed by atoms with Gasteiger partial charge in [-0.3, -0.25) is 0 Å². The fourth-order valence-corrected chi connectivity index (χ4v) is 1.66. The van der Waals surface area contributed by atoms with Crippen LogP contribution in [0.2, 0.25) is 0 Å². The van der Waals surface area contributed by atoms with Gasteiger partial charge in [0.2, 0.25) is 0 Å². The summed E-state index contributed by atoms with van der Waals surface area (Å²) in [5.41, 5.74) is 6.62. The van der Waals surface area contributed by atoms with Crippen LogP contribution in [0.3, 0.4) is 0 Å². The molecule has 0 amide bonds. The lowest BCUT2D eigenvalue weighted by Crippen LogP contribution is -2.34. The molecule has 0 aliphatic carbocycles. The number of alkyl halides is 3. The number of nitrogens with zero attached hydrogens (tertiary/aromatic N) is 1. The molecule has 1 aromatic carbocycles. The van der Waals surface area contributed by atoms with Gasteiger partial charge in [0.1, 0.15) is 12.3 Å². The maximum atomic E-state index is 12.5. The first-order valence-corrected chi connectivity index (χ1v) is 6.21. The summed E-state index contributed by atoms with van der Waals surface area (Å²) in [6, 6.07) is 4.70. The van der Waals surface area contributed by atoms with Gasteiger partial charge in [0, 0.05) is 18.3 Å². The first kappa shape index (κ1) is 15.5. The zero-order valence-corrected chi connectivity index (χ0v) is 11.1. The quantitative estimate of drug-likeness (QED) is 0.809. The molecule has 0 saturated heterocycles. The highest BCUT2D eigenvalue weighted by molar-refractivity contribution is 5.62. The second-order valence-electron chi connectivity index (χ2n) is 4.20. The minimum atomic E-state index is -4.23. The Morgan fingerprint density at radius 1 is 1.26 bits per heavy atom. The summed E-state index contributed by atoms with van der Waals surface area (Å²) in [5.74, 6) is 0.431. The molecule has 1 aromatic rings. The summed E-state index contributed by atoms with van der Waals surface area (Å²) in [6.07, 6.45) is -3.43. The van der Waals surface area contributed by atoms with Crippen LogP contribution >= 0.6 is 0 Å². The molecule has 1 rings (SSSR count). The fraction of sp³-hybridized carbons (Fsp3) is 0.538. The zero-order valence-electron chi connectivity index (χ0n) is 11.1. The van der Waals surface area contributed by atoms with E-state index < -0.39 is 12.7 Å². The smallest absolute Gasteiger partial charge is 0.405 e. The van der Waals surface area contributed by atoms with E-state index in [2.05, 4.69) is 0 Å². The molecule has 6 heteroatoms. The first-order valence-electron chi connectivity index (χ1n) is 6.21. The zero-order chi connectivity index (χ0) is 14.5. The molecule has 2 N–H and O–H groups in total. The lowest BCUT2D eigenvalue weighted by molar-refractivity contribution is -0.119. The molecule has 0 bridgehead atoms. The molecule has 0 heterocycles. The summed E-state index contributed by atoms with van der Waals surface area (Å²) in [6.45, 7) is 3.38. The van der Waals surface area contributed by atoms with E-state index in [-0.39, 0.29) is 6.54 Å². The SMILES string of the molecule is CCCOc1cc(N(CC)CC(F)(F)F)ccc1N. The monoisotopic (exact) mass is 276 g/mol. The van der Waals surface area contributed by atoms with E-state index in [0.717, 1.165) is 6.42 Å². The van der Waals surface area contributed by atoms with Gasteiger partial charge in [-0.1, -0.05) is 6.92 Å². The third-order valence-electron chi connectivity index (χ3n) is 2.58. The van der Waals surface area contributed by atoms with E-state index in [1.807, 2.05) is 6.92 Å². The normalized spacial score (nSPS) is 11.4. The summed E-state index contributed by atoms with van der Waals surface area (Å²) in [7, 11) is 0. The van der Waals surface area contributed by atoms with E-state index in [9.17, 15) is 13.2 Å². The Kier molecular flexibility index (Phi) is 5.32. The molecule has 0 saturated carbocycles. The molecule has 0 radical (unpaired) electrons. The summed E-state index contributed by atoms with van der Waals surface area (Å²) in [5, 5.41) is 0. The average Bonchev–Trinajstić information content (AvgIpc) is 2.34. The highest BCUT2D eigenvalue weighted by Gasteiger charge is 2.30. The van der Waals surface area contributed by atoms with Crippen molar-refractivity contribution in [2.24, 2.45) is 0 Å². The van der Waals surface area contributed by atoms with Crippen molar-refractivity contribution in [3.8, 4) is 5.75 Å². The van der Waals surface area contributed by atoms with E-state index in [4.69, 9.17) is 10.5 Å². The number of nitrogens with two attached hydrogens (primary N) is 1. The number of nitrogen functional groups attached to an aromatic ring is 1. The van der Waals surface area contributed by atoms with Crippen molar-refractivity contribution in [3.63, 3.8) is 0 Å². The largest absolute Gasteiger partial charge is 0.491 e. The van der Waals surface area contributed by atoms with Crippen LogP contribution in [0.15, 0.2) is 18.2 Å². The van der Waals surface area contributed by atoms with Crippen molar-refractivity contribution >= 4 is 11.4 Å². The van der Waals surface area contributed by atoms with Gasteiger partial charge in [0.25, 0.3) is 0 Å². The summed E-state index contributed by atoms with van der Waals surface area (Å²) < 4.78 is 42.8. The third-order valence-corrected chi connectivity index (χ3v) is 2.58. The number of ether oxygens (including phenoxy) is 1. The minimum absolute atomic E-state index is 0.261. The number of rotatable bonds is 6. The molecule has 0 fully saturated rings. The molecule has 0 spiro atoms. The Labute approximate surface area is 111 Å². The van der Waals surface area contributed by atoms with Crippen LogP contribution < -0.4 is 15.4 Å². The van der Waals surface area contributed by atoms with E-state index in [0.29, 0.717) is 23.7 Å². The predicted octanol–water partition coefficient (Wildman–Crippen LogP) is 3.45. The second kappa shape index (κ2) is 6.54. The van der Waals surface area contributed by atoms with Crippen LogP contribution in [0, 0.1) is 0 Å². The number of benzene rings is 1. The topological polar surface area (TPSA) is 38.5 Å². The van der Waals surface area contributed by atoms with Crippen LogP contribution in [0.1, 0.15) is 20.3 Å². The molecule has 0 aliphatic heterocycles. The number of hydrogen-bond donors (Lipinski definition) is 1. The van der Waals surface area contributed by atoms with Crippen molar-refractivity contribution in [2.45, 2.75) is 26.4 Å². The van der Waals surface area contributed by atoms with E-state index >= 15 is 0 Å². The van der Waals surface area contributed by atoms with Crippen LogP contribution in [0.5, 0.6) is 5.75 Å². The third kappa shape index (κ3) is 4.89. The number of halogens is 3. The highest BCUT2D eigenvalue weighted by Crippen LogP contribution is 2.29. The fourth-order valence-electron chi connectivity index (χ4n) is 1.66. The van der Waals surface area contributed by atoms with Crippen molar-refractivity contribution in [3.05, 3.63) is 18.2 Å². The standard InChI is InChI=1S/C13H19F3N2O/c1-3-7-19-12-8-10(5-6-11(12)17)18(4-2)9-13(14,15)16/h5-6,8H,3-4,7,9,17H2,1-2H3.